The van der Waals surface area contributed by atoms with Crippen LogP contribution in [0.15, 0.2) is 71.5 Å². The van der Waals surface area contributed by atoms with Gasteiger partial charge in [0.25, 0.3) is 5.56 Å². The number of hydrogen-bond acceptors (Lipinski definition) is 4. The molecule has 2 aromatic carbocycles. The number of benzene rings is 2. The molecular formula is C21H19N3O3. The molecule has 0 fully saturated rings. The molecule has 0 atom stereocenters. The maximum absolute atomic E-state index is 12.6. The fourth-order valence-electron chi connectivity index (χ4n) is 3.04. The van der Waals surface area contributed by atoms with Crippen LogP contribution in [0.2, 0.25) is 0 Å². The molecule has 0 saturated heterocycles. The Morgan fingerprint density at radius 1 is 1.00 bits per heavy atom. The highest BCUT2D eigenvalue weighted by molar-refractivity contribution is 5.79. The fraction of sp³-hybridized carbons (Fsp3) is 0.143. The quantitative estimate of drug-likeness (QED) is 0.571. The molecule has 1 N–H and O–H groups in total. The second-order valence-electron chi connectivity index (χ2n) is 6.11. The predicted molar refractivity (Wildman–Crippen MR) is 103 cm³/mol. The third-order valence-corrected chi connectivity index (χ3v) is 4.22. The summed E-state index contributed by atoms with van der Waals surface area (Å²) in [5.74, 6) is 0.733. The Bertz CT molecular complexity index is 1100. The fourth-order valence-corrected chi connectivity index (χ4v) is 3.04. The molecule has 0 aliphatic rings. The van der Waals surface area contributed by atoms with Crippen LogP contribution in [0.4, 0.5) is 0 Å². The van der Waals surface area contributed by atoms with Gasteiger partial charge in [-0.05, 0) is 17.7 Å². The number of hydrogen-bond donors (Lipinski definition) is 1. The molecule has 0 spiro atoms. The SMILES string of the molecule is COCc1[nH]n2c(=O)cc(COc3ccccc3)nc2c1-c1ccccc1. The van der Waals surface area contributed by atoms with E-state index in [1.807, 2.05) is 60.7 Å². The molecule has 0 bridgehead atoms. The Balaban J connectivity index is 1.79. The summed E-state index contributed by atoms with van der Waals surface area (Å²) in [6.07, 6.45) is 0. The van der Waals surface area contributed by atoms with Crippen molar-refractivity contribution < 1.29 is 9.47 Å². The summed E-state index contributed by atoms with van der Waals surface area (Å²) in [6.45, 7) is 0.567. The van der Waals surface area contributed by atoms with Gasteiger partial charge in [-0.2, -0.15) is 0 Å². The molecule has 0 aliphatic carbocycles. The number of para-hydroxylation sites is 1. The Hall–Kier alpha value is -3.38. The van der Waals surface area contributed by atoms with Crippen molar-refractivity contribution in [3.8, 4) is 16.9 Å². The van der Waals surface area contributed by atoms with Crippen LogP contribution in [0.3, 0.4) is 0 Å². The molecule has 0 radical (unpaired) electrons. The molecule has 0 aliphatic heterocycles. The Kier molecular flexibility index (Phi) is 4.72. The van der Waals surface area contributed by atoms with E-state index in [0.29, 0.717) is 17.9 Å². The normalized spacial score (nSPS) is 11.0. The molecule has 0 unspecified atom stereocenters. The Morgan fingerprint density at radius 3 is 2.41 bits per heavy atom. The van der Waals surface area contributed by atoms with Gasteiger partial charge in [-0.1, -0.05) is 48.5 Å². The lowest BCUT2D eigenvalue weighted by Crippen LogP contribution is -2.16. The zero-order chi connectivity index (χ0) is 18.6. The minimum absolute atomic E-state index is 0.189. The lowest BCUT2D eigenvalue weighted by molar-refractivity contribution is 0.181. The van der Waals surface area contributed by atoms with Crippen LogP contribution >= 0.6 is 0 Å². The topological polar surface area (TPSA) is 68.6 Å². The summed E-state index contributed by atoms with van der Waals surface area (Å²) in [4.78, 5) is 17.3. The lowest BCUT2D eigenvalue weighted by atomic mass is 10.1. The monoisotopic (exact) mass is 361 g/mol. The van der Waals surface area contributed by atoms with E-state index in [9.17, 15) is 4.79 Å². The first kappa shape index (κ1) is 17.1. The van der Waals surface area contributed by atoms with E-state index in [-0.39, 0.29) is 12.2 Å². The minimum Gasteiger partial charge on any atom is -0.487 e. The maximum Gasteiger partial charge on any atom is 0.273 e. The standard InChI is InChI=1S/C21H19N3O3/c1-26-14-18-20(15-8-4-2-5-9-15)21-22-16(12-19(25)24(21)23-18)13-27-17-10-6-3-7-11-17/h2-12,23H,13-14H2,1H3. The van der Waals surface area contributed by atoms with Crippen LogP contribution in [-0.2, 0) is 18.0 Å². The van der Waals surface area contributed by atoms with Crippen LogP contribution in [0, 0.1) is 0 Å². The Labute approximate surface area is 156 Å². The first-order valence-electron chi connectivity index (χ1n) is 8.62. The largest absolute Gasteiger partial charge is 0.487 e. The van der Waals surface area contributed by atoms with E-state index < -0.39 is 0 Å². The van der Waals surface area contributed by atoms with E-state index in [0.717, 1.165) is 22.6 Å². The molecule has 2 aromatic heterocycles. The number of methoxy groups -OCH3 is 1. The average Bonchev–Trinajstić information content (AvgIpc) is 3.07. The predicted octanol–water partition coefficient (Wildman–Crippen LogP) is 3.42. The first-order chi connectivity index (χ1) is 13.3. The first-order valence-corrected chi connectivity index (χ1v) is 8.62. The van der Waals surface area contributed by atoms with Gasteiger partial charge in [-0.3, -0.25) is 9.89 Å². The van der Waals surface area contributed by atoms with Gasteiger partial charge in [-0.15, -0.1) is 0 Å². The van der Waals surface area contributed by atoms with Gasteiger partial charge in [0.05, 0.1) is 18.0 Å². The number of nitrogens with zero attached hydrogens (tertiary/aromatic N) is 2. The van der Waals surface area contributed by atoms with Gasteiger partial charge in [0, 0.05) is 18.7 Å². The molecular weight excluding hydrogens is 342 g/mol. The summed E-state index contributed by atoms with van der Waals surface area (Å²) in [5, 5.41) is 3.11. The van der Waals surface area contributed by atoms with Crippen molar-refractivity contribution in [3.63, 3.8) is 0 Å². The second-order valence-corrected chi connectivity index (χ2v) is 6.11. The summed E-state index contributed by atoms with van der Waals surface area (Å²) >= 11 is 0. The van der Waals surface area contributed by atoms with E-state index >= 15 is 0 Å². The summed E-state index contributed by atoms with van der Waals surface area (Å²) in [7, 11) is 1.62. The van der Waals surface area contributed by atoms with Crippen molar-refractivity contribution in [1.82, 2.24) is 14.6 Å². The summed E-state index contributed by atoms with van der Waals surface area (Å²) in [5.41, 5.74) is 3.57. The van der Waals surface area contributed by atoms with Gasteiger partial charge in [0.1, 0.15) is 12.4 Å². The number of rotatable bonds is 6. The molecule has 6 nitrogen and oxygen atoms in total. The van der Waals surface area contributed by atoms with E-state index in [4.69, 9.17) is 9.47 Å². The highest BCUT2D eigenvalue weighted by atomic mass is 16.5. The van der Waals surface area contributed by atoms with Crippen LogP contribution in [-0.4, -0.2) is 21.7 Å². The maximum atomic E-state index is 12.6. The number of aromatic nitrogens is 3. The van der Waals surface area contributed by atoms with Crippen molar-refractivity contribution in [1.29, 1.82) is 0 Å². The molecule has 4 aromatic rings. The number of fused-ring (bicyclic) bond motifs is 1. The number of ether oxygens (including phenoxy) is 2. The highest BCUT2D eigenvalue weighted by Crippen LogP contribution is 2.27. The van der Waals surface area contributed by atoms with Crippen molar-refractivity contribution in [2.24, 2.45) is 0 Å². The third kappa shape index (κ3) is 3.47. The van der Waals surface area contributed by atoms with Gasteiger partial charge >= 0.3 is 0 Å². The minimum atomic E-state index is -0.189. The van der Waals surface area contributed by atoms with Crippen molar-refractivity contribution in [2.75, 3.05) is 7.11 Å². The van der Waals surface area contributed by atoms with Crippen LogP contribution in [0.25, 0.3) is 16.8 Å². The van der Waals surface area contributed by atoms with Crippen molar-refractivity contribution in [3.05, 3.63) is 88.5 Å². The van der Waals surface area contributed by atoms with E-state index in [1.54, 1.807) is 7.11 Å². The zero-order valence-corrected chi connectivity index (χ0v) is 14.9. The van der Waals surface area contributed by atoms with Gasteiger partial charge in [0.15, 0.2) is 5.65 Å². The van der Waals surface area contributed by atoms with E-state index in [2.05, 4.69) is 10.1 Å². The van der Waals surface area contributed by atoms with E-state index in [1.165, 1.54) is 10.6 Å². The van der Waals surface area contributed by atoms with Gasteiger partial charge < -0.3 is 9.47 Å². The van der Waals surface area contributed by atoms with Crippen LogP contribution < -0.4 is 10.3 Å². The zero-order valence-electron chi connectivity index (χ0n) is 14.9. The van der Waals surface area contributed by atoms with Gasteiger partial charge in [0.2, 0.25) is 0 Å². The second kappa shape index (κ2) is 7.47. The molecule has 27 heavy (non-hydrogen) atoms. The van der Waals surface area contributed by atoms with Crippen LogP contribution in [0.5, 0.6) is 5.75 Å². The number of aromatic amines is 1. The molecule has 0 amide bonds. The van der Waals surface area contributed by atoms with Crippen LogP contribution in [0.1, 0.15) is 11.4 Å². The molecule has 136 valence electrons. The third-order valence-electron chi connectivity index (χ3n) is 4.22. The Morgan fingerprint density at radius 2 is 1.70 bits per heavy atom. The smallest absolute Gasteiger partial charge is 0.273 e. The number of nitrogens with one attached hydrogen (secondary N) is 1. The molecule has 6 heteroatoms. The van der Waals surface area contributed by atoms with Gasteiger partial charge in [-0.25, -0.2) is 9.50 Å². The lowest BCUT2D eigenvalue weighted by Gasteiger charge is -2.06. The molecule has 2 heterocycles. The number of H-pyrrole nitrogens is 1. The van der Waals surface area contributed by atoms with Crippen molar-refractivity contribution >= 4 is 5.65 Å². The molecule has 4 rings (SSSR count). The molecule has 0 saturated carbocycles. The highest BCUT2D eigenvalue weighted by Gasteiger charge is 2.17. The summed E-state index contributed by atoms with van der Waals surface area (Å²) in [6, 6.07) is 20.8. The average molecular weight is 361 g/mol. The van der Waals surface area contributed by atoms with Crippen molar-refractivity contribution in [2.45, 2.75) is 13.2 Å². The summed E-state index contributed by atoms with van der Waals surface area (Å²) < 4.78 is 12.5.